The minimum Gasteiger partial charge on any atom is -0.486 e. The van der Waals surface area contributed by atoms with Crippen LogP contribution >= 0.6 is 11.3 Å². The number of hydrogen-bond acceptors (Lipinski definition) is 11. The molecule has 0 saturated carbocycles. The molecule has 2 aliphatic rings. The van der Waals surface area contributed by atoms with E-state index >= 15 is 0 Å². The van der Waals surface area contributed by atoms with Crippen LogP contribution in [0.15, 0.2) is 24.4 Å². The first-order chi connectivity index (χ1) is 16.6. The van der Waals surface area contributed by atoms with Gasteiger partial charge in [0.2, 0.25) is 5.82 Å². The molecule has 1 atom stereocenters. The van der Waals surface area contributed by atoms with Gasteiger partial charge < -0.3 is 29.7 Å². The third-order valence-electron chi connectivity index (χ3n) is 5.92. The first-order valence-electron chi connectivity index (χ1n) is 10.7. The number of aliphatic hydroxyl groups excluding tert-OH is 2. The second kappa shape index (κ2) is 8.89. The fourth-order valence-corrected chi connectivity index (χ4v) is 5.27. The zero-order valence-corrected chi connectivity index (χ0v) is 18.9. The zero-order valence-electron chi connectivity index (χ0n) is 18.1. The fraction of sp³-hybridized carbons (Fsp3) is 0.500. The number of anilines is 1. The van der Waals surface area contributed by atoms with Gasteiger partial charge in [0.25, 0.3) is 0 Å². The Labute approximate surface area is 200 Å². The second-order valence-corrected chi connectivity index (χ2v) is 9.37. The van der Waals surface area contributed by atoms with Gasteiger partial charge in [-0.3, -0.25) is 0 Å². The summed E-state index contributed by atoms with van der Waals surface area (Å²) < 4.78 is 48.5. The van der Waals surface area contributed by atoms with Crippen LogP contribution in [0.3, 0.4) is 0 Å². The van der Waals surface area contributed by atoms with Gasteiger partial charge in [0.1, 0.15) is 23.6 Å². The standard InChI is InChI=1S/C20H21F3N6O5S/c21-20(22,23)34-13-3-1-2-12-16(13)11(30)8-19(33-12)4-6-28(7-5-19)18-24-9-14(35-18)17-25-27-29(26-17)10-15(31)32/h1-3,9,11,15,30-32H,4-8,10H2. The Morgan fingerprint density at radius 3 is 2.74 bits per heavy atom. The highest BCUT2D eigenvalue weighted by molar-refractivity contribution is 7.18. The number of tetrazole rings is 1. The fourth-order valence-electron chi connectivity index (χ4n) is 4.38. The van der Waals surface area contributed by atoms with E-state index in [-0.39, 0.29) is 24.3 Å². The highest BCUT2D eigenvalue weighted by Crippen LogP contribution is 2.48. The van der Waals surface area contributed by atoms with Gasteiger partial charge in [-0.05, 0) is 17.3 Å². The number of nitrogens with zero attached hydrogens (tertiary/aromatic N) is 6. The summed E-state index contributed by atoms with van der Waals surface area (Å²) >= 11 is 1.35. The van der Waals surface area contributed by atoms with Crippen LogP contribution in [0, 0.1) is 0 Å². The molecule has 0 bridgehead atoms. The average molecular weight is 514 g/mol. The highest BCUT2D eigenvalue weighted by atomic mass is 32.1. The SMILES string of the molecule is OC(O)Cn1nnc(-c2cnc(N3CCC4(CC3)CC(O)c3c(OC(F)(F)F)cccc3O4)s2)n1. The maximum atomic E-state index is 12.8. The summed E-state index contributed by atoms with van der Waals surface area (Å²) in [5, 5.41) is 41.3. The van der Waals surface area contributed by atoms with Crippen molar-refractivity contribution in [2.24, 2.45) is 0 Å². The number of hydrogen-bond donors (Lipinski definition) is 3. The van der Waals surface area contributed by atoms with Gasteiger partial charge in [0.05, 0.1) is 22.7 Å². The zero-order chi connectivity index (χ0) is 24.8. The molecule has 1 spiro atoms. The van der Waals surface area contributed by atoms with Crippen LogP contribution in [-0.2, 0) is 6.54 Å². The van der Waals surface area contributed by atoms with E-state index in [2.05, 4.69) is 30.0 Å². The molecule has 11 nitrogen and oxygen atoms in total. The lowest BCUT2D eigenvalue weighted by molar-refractivity contribution is -0.275. The minimum absolute atomic E-state index is 0.0108. The molecule has 15 heteroatoms. The van der Waals surface area contributed by atoms with Crippen LogP contribution in [0.4, 0.5) is 18.3 Å². The van der Waals surface area contributed by atoms with Crippen LogP contribution in [0.2, 0.25) is 0 Å². The number of aromatic nitrogens is 5. The first kappa shape index (κ1) is 23.7. The summed E-state index contributed by atoms with van der Waals surface area (Å²) in [6.07, 6.45) is -4.78. The van der Waals surface area contributed by atoms with Crippen molar-refractivity contribution in [3.63, 3.8) is 0 Å². The predicted octanol–water partition coefficient (Wildman–Crippen LogP) is 1.86. The number of rotatable bonds is 5. The van der Waals surface area contributed by atoms with Crippen LogP contribution in [0.25, 0.3) is 10.7 Å². The molecule has 2 aliphatic heterocycles. The number of piperidine rings is 1. The molecule has 4 heterocycles. The van der Waals surface area contributed by atoms with E-state index in [4.69, 9.17) is 14.9 Å². The summed E-state index contributed by atoms with van der Waals surface area (Å²) in [6.45, 7) is 0.917. The number of benzene rings is 1. The number of halogens is 3. The van der Waals surface area contributed by atoms with Gasteiger partial charge in [-0.15, -0.1) is 23.4 Å². The van der Waals surface area contributed by atoms with Crippen molar-refractivity contribution >= 4 is 16.5 Å². The Morgan fingerprint density at radius 1 is 1.26 bits per heavy atom. The Kier molecular flexibility index (Phi) is 6.03. The van der Waals surface area contributed by atoms with E-state index in [9.17, 15) is 18.3 Å². The normalized spacial score (nSPS) is 19.6. The summed E-state index contributed by atoms with van der Waals surface area (Å²) in [5.74, 6) is 0.0527. The lowest BCUT2D eigenvalue weighted by Gasteiger charge is -2.46. The van der Waals surface area contributed by atoms with E-state index in [1.165, 1.54) is 29.5 Å². The monoisotopic (exact) mass is 514 g/mol. The average Bonchev–Trinajstić information content (AvgIpc) is 3.42. The number of alkyl halides is 3. The molecule has 0 amide bonds. The van der Waals surface area contributed by atoms with Crippen molar-refractivity contribution in [3.8, 4) is 22.2 Å². The lowest BCUT2D eigenvalue weighted by atomic mass is 9.81. The molecule has 0 aliphatic carbocycles. The van der Waals surface area contributed by atoms with Gasteiger partial charge in [0.15, 0.2) is 11.4 Å². The number of ether oxygens (including phenoxy) is 2. The molecule has 1 saturated heterocycles. The van der Waals surface area contributed by atoms with Gasteiger partial charge in [-0.25, -0.2) is 4.98 Å². The van der Waals surface area contributed by atoms with Crippen molar-refractivity contribution in [2.75, 3.05) is 18.0 Å². The van der Waals surface area contributed by atoms with Crippen LogP contribution in [-0.4, -0.2) is 71.9 Å². The van der Waals surface area contributed by atoms with Crippen LogP contribution < -0.4 is 14.4 Å². The molecule has 3 N–H and O–H groups in total. The molecular weight excluding hydrogens is 493 g/mol. The molecule has 1 fully saturated rings. The van der Waals surface area contributed by atoms with Gasteiger partial charge >= 0.3 is 6.36 Å². The van der Waals surface area contributed by atoms with E-state index < -0.39 is 30.1 Å². The third-order valence-corrected chi connectivity index (χ3v) is 6.97. The molecule has 0 radical (unpaired) electrons. The minimum atomic E-state index is -4.87. The quantitative estimate of drug-likeness (QED) is 0.433. The van der Waals surface area contributed by atoms with Crippen molar-refractivity contribution in [1.29, 1.82) is 0 Å². The van der Waals surface area contributed by atoms with Crippen molar-refractivity contribution < 1.29 is 38.0 Å². The maximum Gasteiger partial charge on any atom is 0.573 e. The summed E-state index contributed by atoms with van der Waals surface area (Å²) in [5.41, 5.74) is -0.702. The summed E-state index contributed by atoms with van der Waals surface area (Å²) in [6, 6.07) is 4.11. The largest absolute Gasteiger partial charge is 0.573 e. The molecule has 1 unspecified atom stereocenters. The number of aliphatic hydroxyl groups is 3. The van der Waals surface area contributed by atoms with Crippen LogP contribution in [0.5, 0.6) is 11.5 Å². The van der Waals surface area contributed by atoms with Gasteiger partial charge in [-0.1, -0.05) is 17.4 Å². The molecule has 188 valence electrons. The van der Waals surface area contributed by atoms with Crippen LogP contribution in [0.1, 0.15) is 30.9 Å². The topological polar surface area (TPSA) is 139 Å². The molecule has 3 aromatic rings. The number of fused-ring (bicyclic) bond motifs is 1. The maximum absolute atomic E-state index is 12.8. The molecule has 35 heavy (non-hydrogen) atoms. The van der Waals surface area contributed by atoms with Gasteiger partial charge in [0, 0.05) is 32.4 Å². The van der Waals surface area contributed by atoms with E-state index in [1.807, 2.05) is 0 Å². The van der Waals surface area contributed by atoms with Crippen molar-refractivity contribution in [1.82, 2.24) is 25.2 Å². The number of thiazole rings is 1. The Morgan fingerprint density at radius 2 is 2.03 bits per heavy atom. The van der Waals surface area contributed by atoms with Crippen molar-refractivity contribution in [2.45, 2.75) is 50.2 Å². The molecular formula is C20H21F3N6O5S. The van der Waals surface area contributed by atoms with Crippen molar-refractivity contribution in [3.05, 3.63) is 30.0 Å². The predicted molar refractivity (Wildman–Crippen MR) is 115 cm³/mol. The van der Waals surface area contributed by atoms with Gasteiger partial charge in [-0.2, -0.15) is 4.80 Å². The summed E-state index contributed by atoms with van der Waals surface area (Å²) in [7, 11) is 0. The Balaban J connectivity index is 1.27. The van der Waals surface area contributed by atoms with E-state index in [0.29, 0.717) is 36.6 Å². The highest BCUT2D eigenvalue weighted by Gasteiger charge is 2.45. The van der Waals surface area contributed by atoms with E-state index in [1.54, 1.807) is 6.20 Å². The Bertz CT molecular complexity index is 1190. The molecule has 2 aromatic heterocycles. The Hall–Kier alpha value is -3.01. The first-order valence-corrected chi connectivity index (χ1v) is 11.5. The molecule has 5 rings (SSSR count). The lowest BCUT2D eigenvalue weighted by Crippen LogP contribution is -2.50. The molecule has 1 aromatic carbocycles. The van der Waals surface area contributed by atoms with E-state index in [0.717, 1.165) is 9.93 Å². The summed E-state index contributed by atoms with van der Waals surface area (Å²) in [4.78, 5) is 8.23. The third kappa shape index (κ3) is 5.03. The smallest absolute Gasteiger partial charge is 0.486 e. The second-order valence-electron chi connectivity index (χ2n) is 8.36.